The molecule has 0 unspecified atom stereocenters. The van der Waals surface area contributed by atoms with Crippen LogP contribution in [0.1, 0.15) is 49.3 Å². The van der Waals surface area contributed by atoms with E-state index in [-0.39, 0.29) is 5.41 Å². The second-order valence-corrected chi connectivity index (χ2v) is 6.85. The number of carbonyl (C=O) groups excluding carboxylic acids is 1. The highest BCUT2D eigenvalue weighted by Gasteiger charge is 2.37. The Balaban J connectivity index is 2.06. The third-order valence-corrected chi connectivity index (χ3v) is 5.51. The van der Waals surface area contributed by atoms with Gasteiger partial charge in [-0.3, -0.25) is 4.79 Å². The molecule has 0 spiro atoms. The highest BCUT2D eigenvalue weighted by Crippen LogP contribution is 2.36. The number of nitrogens with one attached hydrogen (secondary N) is 1. The Kier molecular flexibility index (Phi) is 5.17. The van der Waals surface area contributed by atoms with Crippen LogP contribution in [0.25, 0.3) is 0 Å². The van der Waals surface area contributed by atoms with Crippen molar-refractivity contribution in [3.8, 4) is 0 Å². The second kappa shape index (κ2) is 6.67. The maximum Gasteiger partial charge on any atom is 0.144 e. The van der Waals surface area contributed by atoms with E-state index in [1.54, 1.807) is 11.3 Å². The topological polar surface area (TPSA) is 29.1 Å². The molecule has 0 radical (unpaired) electrons. The quantitative estimate of drug-likeness (QED) is 0.862. The minimum Gasteiger partial charge on any atom is -0.317 e. The monoisotopic (exact) mass is 279 g/mol. The zero-order valence-electron chi connectivity index (χ0n) is 12.1. The second-order valence-electron chi connectivity index (χ2n) is 5.60. The maximum absolute atomic E-state index is 12.8. The summed E-state index contributed by atoms with van der Waals surface area (Å²) in [6.45, 7) is 6.35. The van der Waals surface area contributed by atoms with Gasteiger partial charge in [-0.2, -0.15) is 0 Å². The smallest absolute Gasteiger partial charge is 0.144 e. The highest BCUT2D eigenvalue weighted by molar-refractivity contribution is 7.12. The molecule has 1 aliphatic heterocycles. The number of ketones is 1. The Bertz CT molecular complexity index is 413. The lowest BCUT2D eigenvalue weighted by atomic mass is 9.71. The van der Waals surface area contributed by atoms with Gasteiger partial charge >= 0.3 is 0 Å². The molecule has 2 rings (SSSR count). The lowest BCUT2D eigenvalue weighted by Crippen LogP contribution is -2.42. The number of hydrogen-bond donors (Lipinski definition) is 1. The van der Waals surface area contributed by atoms with Crippen LogP contribution in [0.4, 0.5) is 0 Å². The summed E-state index contributed by atoms with van der Waals surface area (Å²) in [7, 11) is 0. The average Bonchev–Trinajstić information content (AvgIpc) is 2.88. The molecule has 1 saturated heterocycles. The molecule has 2 nitrogen and oxygen atoms in total. The molecule has 0 aromatic carbocycles. The number of Topliss-reactive ketones (excluding diaryl/α,β-unsaturated/α-hetero) is 1. The predicted octanol–water partition coefficient (Wildman–Crippen LogP) is 3.59. The number of aryl methyl sites for hydroxylation is 1. The Hall–Kier alpha value is -0.670. The molecule has 106 valence electrons. The van der Waals surface area contributed by atoms with Crippen LogP contribution in [0.15, 0.2) is 12.1 Å². The molecular weight excluding hydrogens is 254 g/mol. The van der Waals surface area contributed by atoms with Crippen LogP contribution >= 0.6 is 11.3 Å². The summed E-state index contributed by atoms with van der Waals surface area (Å²) in [6, 6.07) is 4.31. The van der Waals surface area contributed by atoms with Crippen molar-refractivity contribution in [2.45, 2.75) is 52.4 Å². The standard InChI is InChI=1S/C16H25NOS/c1-3-7-16(8-10-17-11-9-16)15(18)12-14-6-5-13(4-2)19-14/h5-6,17H,3-4,7-12H2,1-2H3. The maximum atomic E-state index is 12.8. The average molecular weight is 279 g/mol. The van der Waals surface area contributed by atoms with Crippen molar-refractivity contribution in [2.75, 3.05) is 13.1 Å². The zero-order valence-corrected chi connectivity index (χ0v) is 12.9. The molecule has 3 heteroatoms. The van der Waals surface area contributed by atoms with E-state index < -0.39 is 0 Å². The van der Waals surface area contributed by atoms with E-state index in [9.17, 15) is 4.79 Å². The van der Waals surface area contributed by atoms with Crippen molar-refractivity contribution < 1.29 is 4.79 Å². The van der Waals surface area contributed by atoms with E-state index >= 15 is 0 Å². The summed E-state index contributed by atoms with van der Waals surface area (Å²) in [5.74, 6) is 0.473. The molecule has 1 fully saturated rings. The van der Waals surface area contributed by atoms with Gasteiger partial charge in [-0.25, -0.2) is 0 Å². The molecule has 19 heavy (non-hydrogen) atoms. The number of hydrogen-bond acceptors (Lipinski definition) is 3. The van der Waals surface area contributed by atoms with E-state index in [4.69, 9.17) is 0 Å². The summed E-state index contributed by atoms with van der Waals surface area (Å²) in [5, 5.41) is 3.38. The van der Waals surface area contributed by atoms with E-state index in [2.05, 4.69) is 31.3 Å². The summed E-state index contributed by atoms with van der Waals surface area (Å²) >= 11 is 1.81. The molecule has 0 atom stereocenters. The van der Waals surface area contributed by atoms with Gasteiger partial charge in [0.05, 0.1) is 0 Å². The third kappa shape index (κ3) is 3.46. The predicted molar refractivity (Wildman–Crippen MR) is 81.9 cm³/mol. The molecule has 2 heterocycles. The fourth-order valence-corrected chi connectivity index (χ4v) is 4.06. The summed E-state index contributed by atoms with van der Waals surface area (Å²) in [6.07, 6.45) is 5.92. The van der Waals surface area contributed by atoms with Gasteiger partial charge in [0.25, 0.3) is 0 Å². The van der Waals surface area contributed by atoms with Crippen LogP contribution < -0.4 is 5.32 Å². The largest absolute Gasteiger partial charge is 0.317 e. The molecule has 1 aromatic heterocycles. The van der Waals surface area contributed by atoms with Crippen molar-refractivity contribution in [1.82, 2.24) is 5.32 Å². The molecule has 0 amide bonds. The number of rotatable bonds is 6. The third-order valence-electron chi connectivity index (χ3n) is 4.28. The van der Waals surface area contributed by atoms with Crippen LogP contribution in [0.5, 0.6) is 0 Å². The van der Waals surface area contributed by atoms with Gasteiger partial charge in [0, 0.05) is 21.6 Å². The van der Waals surface area contributed by atoms with Crippen molar-refractivity contribution in [2.24, 2.45) is 5.41 Å². The first-order valence-corrected chi connectivity index (χ1v) is 8.33. The van der Waals surface area contributed by atoms with Crippen LogP contribution in [-0.4, -0.2) is 18.9 Å². The van der Waals surface area contributed by atoms with Gasteiger partial charge in [0.2, 0.25) is 0 Å². The normalized spacial score (nSPS) is 18.4. The molecule has 0 bridgehead atoms. The molecule has 1 aliphatic rings. The lowest BCUT2D eigenvalue weighted by molar-refractivity contribution is -0.130. The van der Waals surface area contributed by atoms with E-state index in [1.807, 2.05) is 0 Å². The van der Waals surface area contributed by atoms with Crippen molar-refractivity contribution in [3.63, 3.8) is 0 Å². The molecule has 0 saturated carbocycles. The first-order chi connectivity index (χ1) is 9.20. The minimum absolute atomic E-state index is 0.0453. The fourth-order valence-electron chi connectivity index (χ4n) is 3.11. The van der Waals surface area contributed by atoms with Crippen LogP contribution in [0, 0.1) is 5.41 Å². The molecular formula is C16H25NOS. The van der Waals surface area contributed by atoms with Crippen LogP contribution in [-0.2, 0) is 17.6 Å². The van der Waals surface area contributed by atoms with Crippen molar-refractivity contribution in [1.29, 1.82) is 0 Å². The van der Waals surface area contributed by atoms with E-state index in [1.165, 1.54) is 9.75 Å². The van der Waals surface area contributed by atoms with Crippen LogP contribution in [0.2, 0.25) is 0 Å². The Morgan fingerprint density at radius 1 is 1.26 bits per heavy atom. The highest BCUT2D eigenvalue weighted by atomic mass is 32.1. The summed E-state index contributed by atoms with van der Waals surface area (Å²) in [5.41, 5.74) is -0.0453. The Morgan fingerprint density at radius 3 is 2.53 bits per heavy atom. The molecule has 1 N–H and O–H groups in total. The molecule has 0 aliphatic carbocycles. The van der Waals surface area contributed by atoms with E-state index in [0.29, 0.717) is 12.2 Å². The van der Waals surface area contributed by atoms with Gasteiger partial charge in [-0.1, -0.05) is 20.3 Å². The summed E-state index contributed by atoms with van der Waals surface area (Å²) < 4.78 is 0. The SMILES string of the molecule is CCCC1(C(=O)Cc2ccc(CC)s2)CCNCC1. The summed E-state index contributed by atoms with van der Waals surface area (Å²) in [4.78, 5) is 15.4. The minimum atomic E-state index is -0.0453. The number of carbonyl (C=O) groups is 1. The van der Waals surface area contributed by atoms with Gasteiger partial charge in [-0.05, 0) is 50.9 Å². The Labute approximate surface area is 120 Å². The van der Waals surface area contributed by atoms with Crippen molar-refractivity contribution >= 4 is 17.1 Å². The van der Waals surface area contributed by atoms with Gasteiger partial charge in [-0.15, -0.1) is 11.3 Å². The lowest BCUT2D eigenvalue weighted by Gasteiger charge is -2.36. The number of piperidine rings is 1. The van der Waals surface area contributed by atoms with E-state index in [0.717, 1.165) is 45.2 Å². The Morgan fingerprint density at radius 2 is 1.95 bits per heavy atom. The van der Waals surface area contributed by atoms with Gasteiger partial charge < -0.3 is 5.32 Å². The first-order valence-electron chi connectivity index (χ1n) is 7.52. The van der Waals surface area contributed by atoms with Gasteiger partial charge in [0.15, 0.2) is 0 Å². The first kappa shape index (κ1) is 14.7. The molecule has 1 aromatic rings. The zero-order chi connectivity index (χ0) is 13.7. The van der Waals surface area contributed by atoms with Crippen LogP contribution in [0.3, 0.4) is 0 Å². The van der Waals surface area contributed by atoms with Crippen molar-refractivity contribution in [3.05, 3.63) is 21.9 Å². The fraction of sp³-hybridized carbons (Fsp3) is 0.688. The number of thiophene rings is 1. The van der Waals surface area contributed by atoms with Gasteiger partial charge in [0.1, 0.15) is 5.78 Å².